The van der Waals surface area contributed by atoms with Crippen molar-refractivity contribution in [1.29, 1.82) is 0 Å². The van der Waals surface area contributed by atoms with E-state index in [-0.39, 0.29) is 23.3 Å². The monoisotopic (exact) mass is 308 g/mol. The van der Waals surface area contributed by atoms with Crippen LogP contribution < -0.4 is 5.30 Å². The van der Waals surface area contributed by atoms with Crippen molar-refractivity contribution in [2.75, 3.05) is 0 Å². The standard InChI is InChI=1S/C16H21O4P/c1-11(2)19-21(18,20-12(3)4)16-14-8-6-5-7-13(14)9-10-15(16)17/h5-12,17H,1-4H3. The van der Waals surface area contributed by atoms with Gasteiger partial charge in [0.05, 0.1) is 12.2 Å². The highest BCUT2D eigenvalue weighted by Crippen LogP contribution is 2.52. The van der Waals surface area contributed by atoms with Crippen molar-refractivity contribution in [1.82, 2.24) is 0 Å². The number of rotatable bonds is 5. The summed E-state index contributed by atoms with van der Waals surface area (Å²) in [5, 5.41) is 12.0. The van der Waals surface area contributed by atoms with Crippen molar-refractivity contribution in [3.05, 3.63) is 36.4 Å². The molecule has 0 unspecified atom stereocenters. The quantitative estimate of drug-likeness (QED) is 0.840. The van der Waals surface area contributed by atoms with Crippen LogP contribution in [0.4, 0.5) is 0 Å². The summed E-state index contributed by atoms with van der Waals surface area (Å²) in [6.45, 7) is 7.16. The maximum Gasteiger partial charge on any atom is 0.366 e. The second-order valence-electron chi connectivity index (χ2n) is 5.46. The molecule has 2 aromatic rings. The molecule has 2 rings (SSSR count). The van der Waals surface area contributed by atoms with E-state index < -0.39 is 7.60 Å². The average molecular weight is 308 g/mol. The molecule has 0 heterocycles. The van der Waals surface area contributed by atoms with E-state index in [1.54, 1.807) is 33.8 Å². The second-order valence-corrected chi connectivity index (χ2v) is 7.32. The molecule has 0 aliphatic rings. The minimum absolute atomic E-state index is 0.0710. The lowest BCUT2D eigenvalue weighted by molar-refractivity contribution is 0.150. The highest BCUT2D eigenvalue weighted by Gasteiger charge is 2.35. The van der Waals surface area contributed by atoms with Gasteiger partial charge in [-0.2, -0.15) is 0 Å². The summed E-state index contributed by atoms with van der Waals surface area (Å²) in [6, 6.07) is 10.7. The maximum atomic E-state index is 13.3. The lowest BCUT2D eigenvalue weighted by Crippen LogP contribution is -2.18. The van der Waals surface area contributed by atoms with E-state index in [0.29, 0.717) is 5.39 Å². The number of hydrogen-bond acceptors (Lipinski definition) is 4. The summed E-state index contributed by atoms with van der Waals surface area (Å²) in [6.07, 6.45) is -0.569. The third-order valence-corrected chi connectivity index (χ3v) is 5.27. The predicted octanol–water partition coefficient (Wildman–Crippen LogP) is 4.21. The van der Waals surface area contributed by atoms with Crippen LogP contribution in [0.5, 0.6) is 5.75 Å². The van der Waals surface area contributed by atoms with Crippen LogP contribution in [0.25, 0.3) is 10.8 Å². The summed E-state index contributed by atoms with van der Waals surface area (Å²) >= 11 is 0. The van der Waals surface area contributed by atoms with Crippen molar-refractivity contribution in [2.24, 2.45) is 0 Å². The summed E-state index contributed by atoms with van der Waals surface area (Å²) < 4.78 is 24.5. The molecule has 114 valence electrons. The first-order valence-electron chi connectivity index (χ1n) is 7.01. The highest BCUT2D eigenvalue weighted by molar-refractivity contribution is 7.63. The summed E-state index contributed by atoms with van der Waals surface area (Å²) in [5.41, 5.74) is 0. The Bertz CT molecular complexity index is 665. The van der Waals surface area contributed by atoms with Gasteiger partial charge in [-0.1, -0.05) is 30.3 Å². The van der Waals surface area contributed by atoms with Gasteiger partial charge in [0.2, 0.25) is 0 Å². The van der Waals surface area contributed by atoms with Gasteiger partial charge in [-0.05, 0) is 39.1 Å². The van der Waals surface area contributed by atoms with Gasteiger partial charge in [0.25, 0.3) is 0 Å². The number of aromatic hydroxyl groups is 1. The molecule has 0 saturated carbocycles. The minimum Gasteiger partial charge on any atom is -0.507 e. The first kappa shape index (κ1) is 16.0. The van der Waals surface area contributed by atoms with Crippen LogP contribution in [-0.4, -0.2) is 17.3 Å². The maximum absolute atomic E-state index is 13.3. The van der Waals surface area contributed by atoms with Crippen molar-refractivity contribution >= 4 is 23.7 Å². The van der Waals surface area contributed by atoms with E-state index in [1.807, 2.05) is 24.3 Å². The molecular formula is C16H21O4P. The molecule has 21 heavy (non-hydrogen) atoms. The number of hydrogen-bond donors (Lipinski definition) is 1. The van der Waals surface area contributed by atoms with Gasteiger partial charge in [-0.25, -0.2) is 0 Å². The highest BCUT2D eigenvalue weighted by atomic mass is 31.2. The molecule has 0 aromatic heterocycles. The van der Waals surface area contributed by atoms with Gasteiger partial charge in [0.1, 0.15) is 11.1 Å². The lowest BCUT2D eigenvalue weighted by atomic mass is 10.1. The van der Waals surface area contributed by atoms with Crippen LogP contribution >= 0.6 is 7.60 Å². The molecule has 0 saturated heterocycles. The summed E-state index contributed by atoms with van der Waals surface area (Å²) in [4.78, 5) is 0. The van der Waals surface area contributed by atoms with Crippen LogP contribution in [0.15, 0.2) is 36.4 Å². The Labute approximate surface area is 125 Å². The fourth-order valence-electron chi connectivity index (χ4n) is 2.22. The first-order chi connectivity index (χ1) is 9.83. The Hall–Kier alpha value is -1.35. The molecule has 0 radical (unpaired) electrons. The predicted molar refractivity (Wildman–Crippen MR) is 85.3 cm³/mol. The molecule has 5 heteroatoms. The van der Waals surface area contributed by atoms with E-state index in [4.69, 9.17) is 9.05 Å². The van der Waals surface area contributed by atoms with Gasteiger partial charge in [0, 0.05) is 5.39 Å². The molecular weight excluding hydrogens is 287 g/mol. The zero-order chi connectivity index (χ0) is 15.6. The van der Waals surface area contributed by atoms with Crippen LogP contribution in [0.3, 0.4) is 0 Å². The molecule has 4 nitrogen and oxygen atoms in total. The zero-order valence-corrected chi connectivity index (χ0v) is 13.6. The number of fused-ring (bicyclic) bond motifs is 1. The van der Waals surface area contributed by atoms with Gasteiger partial charge in [-0.3, -0.25) is 4.57 Å². The molecule has 0 atom stereocenters. The Kier molecular flexibility index (Phi) is 4.72. The zero-order valence-electron chi connectivity index (χ0n) is 12.7. The Balaban J connectivity index is 2.69. The SMILES string of the molecule is CC(C)OP(=O)(OC(C)C)c1c(O)ccc2ccccc12. The van der Waals surface area contributed by atoms with Crippen LogP contribution in [-0.2, 0) is 13.6 Å². The summed E-state index contributed by atoms with van der Waals surface area (Å²) in [5.74, 6) is -0.0710. The summed E-state index contributed by atoms with van der Waals surface area (Å²) in [7, 11) is -3.62. The Morgan fingerprint density at radius 1 is 0.952 bits per heavy atom. The van der Waals surface area contributed by atoms with Crippen molar-refractivity contribution in [3.63, 3.8) is 0 Å². The van der Waals surface area contributed by atoms with E-state index in [0.717, 1.165) is 5.39 Å². The Morgan fingerprint density at radius 3 is 2.10 bits per heavy atom. The largest absolute Gasteiger partial charge is 0.507 e. The number of phenolic OH excluding ortho intramolecular Hbond substituents is 1. The lowest BCUT2D eigenvalue weighted by Gasteiger charge is -2.24. The van der Waals surface area contributed by atoms with E-state index in [9.17, 15) is 9.67 Å². The van der Waals surface area contributed by atoms with E-state index in [1.165, 1.54) is 6.07 Å². The number of benzene rings is 2. The molecule has 0 spiro atoms. The minimum atomic E-state index is -3.62. The Morgan fingerprint density at radius 2 is 1.52 bits per heavy atom. The molecule has 0 aliphatic heterocycles. The fourth-order valence-corrected chi connectivity index (χ4v) is 4.44. The molecule has 0 aliphatic carbocycles. The topological polar surface area (TPSA) is 55.8 Å². The first-order valence-corrected chi connectivity index (χ1v) is 8.56. The van der Waals surface area contributed by atoms with Crippen LogP contribution in [0.2, 0.25) is 0 Å². The third-order valence-electron chi connectivity index (χ3n) is 2.85. The second kappa shape index (κ2) is 6.18. The van der Waals surface area contributed by atoms with Crippen molar-refractivity contribution in [2.45, 2.75) is 39.9 Å². The van der Waals surface area contributed by atoms with Crippen LogP contribution in [0, 0.1) is 0 Å². The molecule has 0 amide bonds. The molecule has 0 fully saturated rings. The smallest absolute Gasteiger partial charge is 0.366 e. The van der Waals surface area contributed by atoms with Gasteiger partial charge >= 0.3 is 7.60 Å². The van der Waals surface area contributed by atoms with Gasteiger partial charge < -0.3 is 14.2 Å². The van der Waals surface area contributed by atoms with Crippen molar-refractivity contribution < 1.29 is 18.7 Å². The molecule has 0 bridgehead atoms. The fraction of sp³-hybridized carbons (Fsp3) is 0.375. The van der Waals surface area contributed by atoms with Crippen molar-refractivity contribution in [3.8, 4) is 5.75 Å². The van der Waals surface area contributed by atoms with E-state index >= 15 is 0 Å². The number of phenols is 1. The average Bonchev–Trinajstić information content (AvgIpc) is 2.36. The van der Waals surface area contributed by atoms with Gasteiger partial charge in [-0.15, -0.1) is 0 Å². The normalized spacial score (nSPS) is 12.5. The van der Waals surface area contributed by atoms with Crippen LogP contribution in [0.1, 0.15) is 27.7 Å². The van der Waals surface area contributed by atoms with E-state index in [2.05, 4.69) is 0 Å². The third kappa shape index (κ3) is 3.46. The molecule has 1 N–H and O–H groups in total. The molecule has 2 aromatic carbocycles. The van der Waals surface area contributed by atoms with Gasteiger partial charge in [0.15, 0.2) is 0 Å².